The molecular formula is C30H29ClN2O5S. The molecule has 2 amide bonds. The summed E-state index contributed by atoms with van der Waals surface area (Å²) in [5.41, 5.74) is 1.26. The van der Waals surface area contributed by atoms with Gasteiger partial charge in [-0.1, -0.05) is 78.4 Å². The first-order valence-corrected chi connectivity index (χ1v) is 14.5. The molecule has 1 N–H and O–H groups in total. The van der Waals surface area contributed by atoms with E-state index >= 15 is 0 Å². The molecule has 4 heterocycles. The van der Waals surface area contributed by atoms with Crippen molar-refractivity contribution in [2.75, 3.05) is 24.7 Å². The molecule has 4 aliphatic rings. The maximum Gasteiger partial charge on any atom is 0.311 e. The van der Waals surface area contributed by atoms with Crippen molar-refractivity contribution >= 4 is 46.8 Å². The van der Waals surface area contributed by atoms with Crippen LogP contribution >= 0.6 is 23.4 Å². The van der Waals surface area contributed by atoms with Gasteiger partial charge in [0.1, 0.15) is 6.04 Å². The lowest BCUT2D eigenvalue weighted by atomic mass is 9.78. The number of fused-ring (bicyclic) bond motifs is 2. The summed E-state index contributed by atoms with van der Waals surface area (Å²) in [6, 6.07) is 14.6. The average Bonchev–Trinajstić information content (AvgIpc) is 3.35. The topological polar surface area (TPSA) is 87.2 Å². The first-order valence-electron chi connectivity index (χ1n) is 13.2. The van der Waals surface area contributed by atoms with Crippen LogP contribution in [0.3, 0.4) is 0 Å². The van der Waals surface area contributed by atoms with E-state index in [1.54, 1.807) is 23.1 Å². The Bertz CT molecular complexity index is 1350. The molecule has 2 saturated heterocycles. The number of thioether (sulfide) groups is 1. The molecule has 2 aromatic carbocycles. The summed E-state index contributed by atoms with van der Waals surface area (Å²) in [5, 5.41) is 10.7. The summed E-state index contributed by atoms with van der Waals surface area (Å²) >= 11 is 8.02. The molecule has 1 unspecified atom stereocenters. The van der Waals surface area contributed by atoms with Gasteiger partial charge in [0.2, 0.25) is 5.91 Å². The van der Waals surface area contributed by atoms with Gasteiger partial charge in [0.25, 0.3) is 5.91 Å². The summed E-state index contributed by atoms with van der Waals surface area (Å²) in [6.07, 6.45) is 9.37. The Morgan fingerprint density at radius 1 is 1.05 bits per heavy atom. The van der Waals surface area contributed by atoms with Crippen LogP contribution in [0.4, 0.5) is 5.69 Å². The molecule has 0 aromatic heterocycles. The number of hydrogen-bond acceptors (Lipinski definition) is 6. The zero-order valence-corrected chi connectivity index (χ0v) is 22.8. The van der Waals surface area contributed by atoms with Crippen molar-refractivity contribution in [3.8, 4) is 0 Å². The Morgan fingerprint density at radius 2 is 1.82 bits per heavy atom. The highest BCUT2D eigenvalue weighted by Crippen LogP contribution is 2.62. The molecule has 0 saturated carbocycles. The molecule has 9 heteroatoms. The quantitative estimate of drug-likeness (QED) is 0.443. The van der Waals surface area contributed by atoms with E-state index < -0.39 is 34.6 Å². The lowest BCUT2D eigenvalue weighted by Gasteiger charge is -2.38. The van der Waals surface area contributed by atoms with Gasteiger partial charge in [0.05, 0.1) is 46.5 Å². The molecule has 4 aliphatic heterocycles. The number of nitrogens with zero attached hydrogens (tertiary/aromatic N) is 2. The van der Waals surface area contributed by atoms with Crippen molar-refractivity contribution in [1.29, 1.82) is 0 Å². The molecule has 0 radical (unpaired) electrons. The fourth-order valence-corrected chi connectivity index (χ4v) is 8.67. The summed E-state index contributed by atoms with van der Waals surface area (Å²) < 4.78 is 4.61. The lowest BCUT2D eigenvalue weighted by molar-refractivity contribution is -0.153. The smallest absolute Gasteiger partial charge is 0.311 e. The average molecular weight is 565 g/mol. The van der Waals surface area contributed by atoms with Gasteiger partial charge >= 0.3 is 5.97 Å². The van der Waals surface area contributed by atoms with E-state index in [-0.39, 0.29) is 36.8 Å². The van der Waals surface area contributed by atoms with Crippen molar-refractivity contribution in [3.05, 3.63) is 89.5 Å². The van der Waals surface area contributed by atoms with E-state index in [2.05, 4.69) is 0 Å². The van der Waals surface area contributed by atoms with Gasteiger partial charge < -0.3 is 19.6 Å². The van der Waals surface area contributed by atoms with Gasteiger partial charge in [-0.15, -0.1) is 11.8 Å². The molecular weight excluding hydrogens is 536 g/mol. The third-order valence-electron chi connectivity index (χ3n) is 8.13. The number of halogens is 1. The van der Waals surface area contributed by atoms with Gasteiger partial charge in [0, 0.05) is 11.8 Å². The maximum atomic E-state index is 14.6. The summed E-state index contributed by atoms with van der Waals surface area (Å²) in [5.74, 6) is -2.61. The molecule has 6 rings (SSSR count). The monoisotopic (exact) mass is 564 g/mol. The summed E-state index contributed by atoms with van der Waals surface area (Å²) in [7, 11) is 0. The highest BCUT2D eigenvalue weighted by atomic mass is 35.5. The van der Waals surface area contributed by atoms with Crippen LogP contribution in [0.15, 0.2) is 78.9 Å². The number of benzene rings is 2. The number of amides is 2. The van der Waals surface area contributed by atoms with E-state index in [1.807, 2.05) is 60.7 Å². The van der Waals surface area contributed by atoms with Crippen molar-refractivity contribution < 1.29 is 24.2 Å². The number of hydrogen-bond donors (Lipinski definition) is 1. The molecule has 39 heavy (non-hydrogen) atoms. The van der Waals surface area contributed by atoms with Crippen LogP contribution in [-0.2, 0) is 19.1 Å². The van der Waals surface area contributed by atoms with Crippen molar-refractivity contribution in [2.45, 2.75) is 34.9 Å². The van der Waals surface area contributed by atoms with Gasteiger partial charge in [-0.2, -0.15) is 0 Å². The summed E-state index contributed by atoms with van der Waals surface area (Å²) in [4.78, 5) is 45.7. The zero-order valence-electron chi connectivity index (χ0n) is 21.2. The fraction of sp³-hybridized carbons (Fsp3) is 0.367. The minimum atomic E-state index is -1.02. The molecule has 7 nitrogen and oxygen atoms in total. The second-order valence-corrected chi connectivity index (χ2v) is 12.1. The van der Waals surface area contributed by atoms with Crippen LogP contribution in [-0.4, -0.2) is 63.6 Å². The first kappa shape index (κ1) is 26.2. The SMILES string of the molecule is O=C1OCCC/C=C\[C@@H]2S[C@]34C=CCN(c5ccccc5Cl)C(=O)C3N([C@H](CO)c3ccccc3)C(=O)[C@@H]4[C@H]12. The highest BCUT2D eigenvalue weighted by Gasteiger charge is 2.72. The van der Waals surface area contributed by atoms with Crippen LogP contribution in [0.2, 0.25) is 5.02 Å². The number of aliphatic hydroxyl groups is 1. The van der Waals surface area contributed by atoms with Crippen LogP contribution in [0.5, 0.6) is 0 Å². The third kappa shape index (κ3) is 4.20. The van der Waals surface area contributed by atoms with Crippen LogP contribution in [0.1, 0.15) is 24.4 Å². The first-order chi connectivity index (χ1) is 19.0. The van der Waals surface area contributed by atoms with E-state index in [1.165, 1.54) is 16.7 Å². The van der Waals surface area contributed by atoms with Crippen molar-refractivity contribution in [1.82, 2.24) is 4.90 Å². The molecule has 1 spiro atoms. The van der Waals surface area contributed by atoms with E-state index in [4.69, 9.17) is 16.3 Å². The normalized spacial score (nSPS) is 31.8. The number of allylic oxidation sites excluding steroid dienone is 1. The van der Waals surface area contributed by atoms with Crippen molar-refractivity contribution in [2.24, 2.45) is 11.8 Å². The van der Waals surface area contributed by atoms with Crippen molar-refractivity contribution in [3.63, 3.8) is 0 Å². The number of carbonyl (C=O) groups is 3. The fourth-order valence-electron chi connectivity index (χ4n) is 6.45. The van der Waals surface area contributed by atoms with E-state index in [0.29, 0.717) is 16.3 Å². The minimum absolute atomic E-state index is 0.265. The second-order valence-electron chi connectivity index (χ2n) is 10.2. The Hall–Kier alpha value is -3.07. The number of rotatable bonds is 4. The Balaban J connectivity index is 1.52. The molecule has 0 aliphatic carbocycles. The number of para-hydroxylation sites is 1. The lowest BCUT2D eigenvalue weighted by Crippen LogP contribution is -2.54. The van der Waals surface area contributed by atoms with Gasteiger partial charge in [-0.05, 0) is 30.5 Å². The minimum Gasteiger partial charge on any atom is -0.465 e. The molecule has 2 fully saturated rings. The Labute approximate surface area is 236 Å². The largest absolute Gasteiger partial charge is 0.465 e. The number of cyclic esters (lactones) is 1. The number of likely N-dealkylation sites (tertiary alicyclic amines) is 1. The Kier molecular flexibility index (Phi) is 7.04. The van der Waals surface area contributed by atoms with E-state index in [0.717, 1.165) is 12.8 Å². The number of ether oxygens (including phenoxy) is 1. The standard InChI is InChI=1S/C30H29ClN2O5S/c31-20-12-6-7-13-21(20)32-16-9-15-30-25(24-23(39-30)14-5-2-8-17-38-29(24)37)27(35)33(26(30)28(32)36)22(18-34)19-10-3-1-4-11-19/h1,3-7,9-15,22-26,34H,2,8,16-18H2/b14-5-/t22-,23+,24-,25+,26?,30+/m1/s1. The van der Waals surface area contributed by atoms with Gasteiger partial charge in [0.15, 0.2) is 0 Å². The molecule has 6 atom stereocenters. The number of aliphatic hydroxyl groups excluding tert-OH is 1. The molecule has 0 bridgehead atoms. The van der Waals surface area contributed by atoms with Crippen LogP contribution < -0.4 is 4.90 Å². The number of esters is 1. The maximum absolute atomic E-state index is 14.6. The number of anilines is 1. The molecule has 202 valence electrons. The van der Waals surface area contributed by atoms with Gasteiger partial charge in [-0.3, -0.25) is 14.4 Å². The van der Waals surface area contributed by atoms with Crippen LogP contribution in [0.25, 0.3) is 0 Å². The third-order valence-corrected chi connectivity index (χ3v) is 10.2. The summed E-state index contributed by atoms with van der Waals surface area (Å²) in [6.45, 7) is 0.179. The van der Waals surface area contributed by atoms with Crippen LogP contribution in [0, 0.1) is 11.8 Å². The second kappa shape index (κ2) is 10.5. The predicted molar refractivity (Wildman–Crippen MR) is 150 cm³/mol. The van der Waals surface area contributed by atoms with Gasteiger partial charge in [-0.25, -0.2) is 0 Å². The predicted octanol–water partition coefficient (Wildman–Crippen LogP) is 4.17. The highest BCUT2D eigenvalue weighted by molar-refractivity contribution is 8.02. The zero-order chi connectivity index (χ0) is 27.1. The number of carbonyl (C=O) groups excluding carboxylic acids is 3. The Morgan fingerprint density at radius 3 is 2.59 bits per heavy atom. The van der Waals surface area contributed by atoms with E-state index in [9.17, 15) is 19.5 Å². The molecule has 2 aromatic rings.